The van der Waals surface area contributed by atoms with Gasteiger partial charge in [-0.1, -0.05) is 6.92 Å². The van der Waals surface area contributed by atoms with Gasteiger partial charge in [0.1, 0.15) is 0 Å². The van der Waals surface area contributed by atoms with E-state index in [2.05, 4.69) is 20.9 Å². The molecule has 0 bridgehead atoms. The number of nitrogens with zero attached hydrogens (tertiary/aromatic N) is 2. The molecule has 7 heteroatoms. The standard InChI is InChI=1S/C24H29N5O2/c1-3-17(2)26-23(30)21-15-20(11-12-22(21)29-13-5-4-6-14-29)28-24(31)27-19-9-7-18(16-25)8-10-19/h7-12,15,17H,3-6,13-14H2,1-2H3,(H,26,30)(H2,27,28,31)/t17-/m0/s1. The minimum absolute atomic E-state index is 0.0676. The molecule has 1 saturated heterocycles. The molecule has 162 valence electrons. The molecule has 7 nitrogen and oxygen atoms in total. The minimum Gasteiger partial charge on any atom is -0.371 e. The second kappa shape index (κ2) is 10.5. The number of urea groups is 1. The molecule has 0 unspecified atom stereocenters. The minimum atomic E-state index is -0.413. The number of amides is 3. The fourth-order valence-corrected chi connectivity index (χ4v) is 3.53. The quantitative estimate of drug-likeness (QED) is 0.631. The molecular weight excluding hydrogens is 390 g/mol. The molecule has 2 aromatic rings. The summed E-state index contributed by atoms with van der Waals surface area (Å²) < 4.78 is 0. The number of nitriles is 1. The summed E-state index contributed by atoms with van der Waals surface area (Å²) in [6.45, 7) is 5.86. The molecule has 0 saturated carbocycles. The van der Waals surface area contributed by atoms with Gasteiger partial charge in [0.15, 0.2) is 0 Å². The van der Waals surface area contributed by atoms with Crippen molar-refractivity contribution in [2.75, 3.05) is 28.6 Å². The van der Waals surface area contributed by atoms with Crippen molar-refractivity contribution in [3.8, 4) is 6.07 Å². The van der Waals surface area contributed by atoms with Crippen LogP contribution in [-0.2, 0) is 0 Å². The van der Waals surface area contributed by atoms with Crippen molar-refractivity contribution in [3.63, 3.8) is 0 Å². The van der Waals surface area contributed by atoms with Gasteiger partial charge in [-0.15, -0.1) is 0 Å². The number of piperidine rings is 1. The lowest BCUT2D eigenvalue weighted by Crippen LogP contribution is -2.35. The molecule has 0 radical (unpaired) electrons. The number of carbonyl (C=O) groups excluding carboxylic acids is 2. The van der Waals surface area contributed by atoms with Gasteiger partial charge in [-0.05, 0) is 75.1 Å². The third-order valence-electron chi connectivity index (χ3n) is 5.46. The summed E-state index contributed by atoms with van der Waals surface area (Å²) in [6, 6.07) is 13.8. The lowest BCUT2D eigenvalue weighted by Gasteiger charge is -2.31. The van der Waals surface area contributed by atoms with Crippen LogP contribution < -0.4 is 20.9 Å². The maximum atomic E-state index is 13.0. The summed E-state index contributed by atoms with van der Waals surface area (Å²) in [5.74, 6) is -0.133. The topological polar surface area (TPSA) is 97.3 Å². The lowest BCUT2D eigenvalue weighted by molar-refractivity contribution is 0.0939. The monoisotopic (exact) mass is 419 g/mol. The maximum Gasteiger partial charge on any atom is 0.323 e. The van der Waals surface area contributed by atoms with Crippen LogP contribution in [0.25, 0.3) is 0 Å². The normalized spacial score (nSPS) is 14.3. The highest BCUT2D eigenvalue weighted by molar-refractivity contribution is 6.04. The number of hydrogen-bond donors (Lipinski definition) is 3. The van der Waals surface area contributed by atoms with Crippen LogP contribution in [0.2, 0.25) is 0 Å². The van der Waals surface area contributed by atoms with Crippen LogP contribution in [0, 0.1) is 11.3 Å². The molecule has 0 aromatic heterocycles. The van der Waals surface area contributed by atoms with Gasteiger partial charge in [0, 0.05) is 36.2 Å². The summed E-state index contributed by atoms with van der Waals surface area (Å²) in [7, 11) is 0. The highest BCUT2D eigenvalue weighted by Crippen LogP contribution is 2.27. The van der Waals surface area contributed by atoms with Crippen LogP contribution in [0.3, 0.4) is 0 Å². The Morgan fingerprint density at radius 2 is 1.68 bits per heavy atom. The van der Waals surface area contributed by atoms with Crippen LogP contribution >= 0.6 is 0 Å². The number of carbonyl (C=O) groups is 2. The first-order valence-electron chi connectivity index (χ1n) is 10.8. The number of hydrogen-bond acceptors (Lipinski definition) is 4. The summed E-state index contributed by atoms with van der Waals surface area (Å²) in [5, 5.41) is 17.5. The number of benzene rings is 2. The van der Waals surface area contributed by atoms with Crippen molar-refractivity contribution in [3.05, 3.63) is 53.6 Å². The van der Waals surface area contributed by atoms with E-state index in [1.807, 2.05) is 32.0 Å². The summed E-state index contributed by atoms with van der Waals surface area (Å²) in [5.41, 5.74) is 3.12. The summed E-state index contributed by atoms with van der Waals surface area (Å²) >= 11 is 0. The number of nitrogens with one attached hydrogen (secondary N) is 3. The maximum absolute atomic E-state index is 13.0. The van der Waals surface area contributed by atoms with Gasteiger partial charge in [-0.3, -0.25) is 4.79 Å². The first-order chi connectivity index (χ1) is 15.0. The van der Waals surface area contributed by atoms with Crippen molar-refractivity contribution < 1.29 is 9.59 Å². The van der Waals surface area contributed by atoms with Gasteiger partial charge >= 0.3 is 6.03 Å². The average molecular weight is 420 g/mol. The fraction of sp³-hybridized carbons (Fsp3) is 0.375. The molecule has 3 amide bonds. The van der Waals surface area contributed by atoms with Gasteiger partial charge in [-0.2, -0.15) is 5.26 Å². The Morgan fingerprint density at radius 1 is 1.03 bits per heavy atom. The van der Waals surface area contributed by atoms with Gasteiger partial charge in [0.05, 0.1) is 17.2 Å². The molecule has 31 heavy (non-hydrogen) atoms. The molecule has 0 aliphatic carbocycles. The van der Waals surface area contributed by atoms with E-state index in [0.717, 1.165) is 38.0 Å². The highest BCUT2D eigenvalue weighted by atomic mass is 16.2. The van der Waals surface area contributed by atoms with Crippen LogP contribution in [-0.4, -0.2) is 31.1 Å². The zero-order valence-corrected chi connectivity index (χ0v) is 18.1. The number of anilines is 3. The third-order valence-corrected chi connectivity index (χ3v) is 5.46. The van der Waals surface area contributed by atoms with Crippen LogP contribution in [0.1, 0.15) is 55.5 Å². The smallest absolute Gasteiger partial charge is 0.323 e. The Hall–Kier alpha value is -3.53. The first-order valence-corrected chi connectivity index (χ1v) is 10.8. The third kappa shape index (κ3) is 5.98. The molecule has 1 aliphatic heterocycles. The molecule has 1 fully saturated rings. The van der Waals surface area contributed by atoms with Crippen LogP contribution in [0.15, 0.2) is 42.5 Å². The van der Waals surface area contributed by atoms with E-state index >= 15 is 0 Å². The SMILES string of the molecule is CC[C@H](C)NC(=O)c1cc(NC(=O)Nc2ccc(C#N)cc2)ccc1N1CCCCC1. The summed E-state index contributed by atoms with van der Waals surface area (Å²) in [6.07, 6.45) is 4.27. The van der Waals surface area contributed by atoms with Crippen molar-refractivity contribution in [1.82, 2.24) is 5.32 Å². The fourth-order valence-electron chi connectivity index (χ4n) is 3.53. The van der Waals surface area contributed by atoms with Gasteiger partial charge < -0.3 is 20.9 Å². The van der Waals surface area contributed by atoms with E-state index in [1.54, 1.807) is 30.3 Å². The second-order valence-electron chi connectivity index (χ2n) is 7.83. The van der Waals surface area contributed by atoms with E-state index in [-0.39, 0.29) is 11.9 Å². The Kier molecular flexibility index (Phi) is 7.50. The predicted octanol–water partition coefficient (Wildman–Crippen LogP) is 4.72. The molecular formula is C24H29N5O2. The number of rotatable bonds is 6. The van der Waals surface area contributed by atoms with E-state index in [9.17, 15) is 9.59 Å². The summed E-state index contributed by atoms with van der Waals surface area (Å²) in [4.78, 5) is 27.7. The molecule has 2 aromatic carbocycles. The van der Waals surface area contributed by atoms with Crippen molar-refractivity contribution in [2.45, 2.75) is 45.6 Å². The van der Waals surface area contributed by atoms with E-state index in [0.29, 0.717) is 22.5 Å². The first kappa shape index (κ1) is 22.2. The van der Waals surface area contributed by atoms with E-state index < -0.39 is 6.03 Å². The molecule has 1 heterocycles. The Bertz CT molecular complexity index is 959. The van der Waals surface area contributed by atoms with Gasteiger partial charge in [0.25, 0.3) is 5.91 Å². The zero-order valence-electron chi connectivity index (χ0n) is 18.1. The molecule has 3 N–H and O–H groups in total. The molecule has 0 spiro atoms. The van der Waals surface area contributed by atoms with E-state index in [4.69, 9.17) is 5.26 Å². The van der Waals surface area contributed by atoms with Gasteiger partial charge in [-0.25, -0.2) is 4.79 Å². The van der Waals surface area contributed by atoms with Crippen molar-refractivity contribution in [1.29, 1.82) is 5.26 Å². The lowest BCUT2D eigenvalue weighted by atomic mass is 10.1. The van der Waals surface area contributed by atoms with Crippen molar-refractivity contribution >= 4 is 29.0 Å². The van der Waals surface area contributed by atoms with Gasteiger partial charge in [0.2, 0.25) is 0 Å². The Morgan fingerprint density at radius 3 is 2.32 bits per heavy atom. The average Bonchev–Trinajstić information content (AvgIpc) is 2.80. The predicted molar refractivity (Wildman–Crippen MR) is 124 cm³/mol. The largest absolute Gasteiger partial charge is 0.371 e. The van der Waals surface area contributed by atoms with E-state index in [1.165, 1.54) is 6.42 Å². The Balaban J connectivity index is 1.78. The Labute approximate surface area is 183 Å². The molecule has 3 rings (SSSR count). The second-order valence-corrected chi connectivity index (χ2v) is 7.83. The highest BCUT2D eigenvalue weighted by Gasteiger charge is 2.20. The molecule has 1 atom stereocenters. The zero-order chi connectivity index (χ0) is 22.2. The van der Waals surface area contributed by atoms with Crippen molar-refractivity contribution in [2.24, 2.45) is 0 Å². The van der Waals surface area contributed by atoms with Crippen LogP contribution in [0.5, 0.6) is 0 Å². The van der Waals surface area contributed by atoms with Crippen LogP contribution in [0.4, 0.5) is 21.9 Å². The molecule has 1 aliphatic rings.